The molecule has 0 radical (unpaired) electrons. The monoisotopic (exact) mass is 176 g/mol. The number of ether oxygens (including phenoxy) is 1. The highest BCUT2D eigenvalue weighted by Gasteiger charge is 2.12. The van der Waals surface area contributed by atoms with E-state index in [4.69, 9.17) is 6.57 Å². The van der Waals surface area contributed by atoms with Crippen molar-refractivity contribution in [2.45, 2.75) is 6.92 Å². The number of nitrogens with zero attached hydrogens (tertiary/aromatic N) is 1. The maximum atomic E-state index is 11.2. The van der Waals surface area contributed by atoms with Gasteiger partial charge in [-0.3, -0.25) is 0 Å². The zero-order valence-electron chi connectivity index (χ0n) is 7.57. The minimum atomic E-state index is -0.372. The number of benzene rings is 1. The van der Waals surface area contributed by atoms with Crippen molar-refractivity contribution in [3.63, 3.8) is 0 Å². The summed E-state index contributed by atoms with van der Waals surface area (Å²) in [5.74, 6) is -0.372. The van der Waals surface area contributed by atoms with Crippen LogP contribution >= 0.6 is 0 Å². The number of rotatable bonds is 1. The van der Waals surface area contributed by atoms with Crippen LogP contribution in [0.25, 0.3) is 4.85 Å². The topological polar surface area (TPSA) is 30.7 Å². The molecule has 0 aliphatic carbocycles. The first-order valence-corrected chi connectivity index (χ1v) is 3.79. The molecule has 0 heterocycles. The Kier molecular flexibility index (Phi) is 2.65. The van der Waals surface area contributed by atoms with E-state index in [1.165, 1.54) is 7.11 Å². The molecule has 0 aromatic heterocycles. The molecule has 0 aliphatic rings. The number of hydrogen-bond donors (Lipinski definition) is 0. The fraction of sp³-hybridized carbons (Fsp3) is 0.200. The highest BCUT2D eigenvalue weighted by atomic mass is 16.5. The summed E-state index contributed by atoms with van der Waals surface area (Å²) in [7, 11) is 1.34. The van der Waals surface area contributed by atoms with Gasteiger partial charge >= 0.3 is 11.7 Å². The molecule has 66 valence electrons. The Morgan fingerprint density at radius 2 is 2.23 bits per heavy atom. The van der Waals surface area contributed by atoms with Crippen molar-refractivity contribution in [2.24, 2.45) is 0 Å². The van der Waals surface area contributed by atoms with Gasteiger partial charge in [-0.05, 0) is 17.3 Å². The summed E-state index contributed by atoms with van der Waals surface area (Å²) in [6.45, 7) is 6.91. The van der Waals surface area contributed by atoms with Gasteiger partial charge in [0.1, 0.15) is 0 Å². The average molecular weight is 176 g/mol. The largest absolute Gasteiger partial charge is 0.465 e. The Bertz CT molecular complexity index is 377. The number of hydrogen-bond acceptors (Lipinski definition) is 2. The maximum absolute atomic E-state index is 11.2. The van der Waals surface area contributed by atoms with Gasteiger partial charge in [0, 0.05) is 12.1 Å². The Morgan fingerprint density at radius 1 is 1.54 bits per heavy atom. The fourth-order valence-electron chi connectivity index (χ4n) is 1.02. The van der Waals surface area contributed by atoms with Crippen molar-refractivity contribution >= 4 is 11.7 Å². The highest BCUT2D eigenvalue weighted by molar-refractivity contribution is 5.92. The van der Waals surface area contributed by atoms with Gasteiger partial charge < -0.3 is 4.74 Å². The summed E-state index contributed by atoms with van der Waals surface area (Å²) >= 11 is 0. The van der Waals surface area contributed by atoms with E-state index in [1.54, 1.807) is 18.2 Å². The van der Waals surface area contributed by atoms with Gasteiger partial charge in [-0.2, -0.15) is 0 Å². The summed E-state index contributed by atoms with van der Waals surface area (Å²) in [5.41, 5.74) is 1.90. The van der Waals surface area contributed by atoms with Gasteiger partial charge in [-0.1, -0.05) is 6.07 Å². The second-order valence-electron chi connectivity index (χ2n) is 2.62. The van der Waals surface area contributed by atoms with Gasteiger partial charge in [0.15, 0.2) is 0 Å². The Hall–Kier alpha value is -1.82. The van der Waals surface area contributed by atoms with E-state index in [2.05, 4.69) is 9.58 Å². The predicted molar refractivity (Wildman–Crippen MR) is 50.5 cm³/mol. The number of carbonyl (C=O) groups excluding carboxylic acids is 1. The van der Waals surface area contributed by atoms with Gasteiger partial charge in [0.05, 0.1) is 12.7 Å². The highest BCUT2D eigenvalue weighted by Crippen LogP contribution is 2.18. The first-order valence-electron chi connectivity index (χ1n) is 3.79. The van der Waals surface area contributed by atoms with Gasteiger partial charge in [0.2, 0.25) is 0 Å². The van der Waals surface area contributed by atoms with Crippen LogP contribution < -0.4 is 0 Å². The molecule has 0 atom stereocenters. The first kappa shape index (κ1) is 9.27. The van der Waals surface area contributed by atoms with Crippen LogP contribution in [0, 0.1) is 13.5 Å². The molecule has 1 aromatic carbocycles. The van der Waals surface area contributed by atoms with E-state index in [0.29, 0.717) is 11.3 Å². The number of aryl methyl sites for hydroxylation is 1. The third kappa shape index (κ3) is 1.85. The SMILES string of the molecule is C#[N+]c1ccc(C)c(C(=O)OC)c1. The molecule has 13 heavy (non-hydrogen) atoms. The molecule has 0 bridgehead atoms. The van der Waals surface area contributed by atoms with E-state index < -0.39 is 0 Å². The molecule has 3 nitrogen and oxygen atoms in total. The molecule has 1 aromatic rings. The van der Waals surface area contributed by atoms with Crippen LogP contribution in [-0.2, 0) is 4.74 Å². The second-order valence-corrected chi connectivity index (χ2v) is 2.62. The minimum absolute atomic E-state index is 0.372. The van der Waals surface area contributed by atoms with E-state index in [9.17, 15) is 4.79 Å². The van der Waals surface area contributed by atoms with E-state index >= 15 is 0 Å². The van der Waals surface area contributed by atoms with Crippen LogP contribution in [0.1, 0.15) is 15.9 Å². The lowest BCUT2D eigenvalue weighted by atomic mass is 10.1. The lowest BCUT2D eigenvalue weighted by Gasteiger charge is -2.00. The molecular formula is C10H10NO2+. The third-order valence-corrected chi connectivity index (χ3v) is 1.78. The van der Waals surface area contributed by atoms with E-state index in [1.807, 2.05) is 6.92 Å². The third-order valence-electron chi connectivity index (χ3n) is 1.78. The summed E-state index contributed by atoms with van der Waals surface area (Å²) in [4.78, 5) is 14.7. The molecule has 0 aliphatic heterocycles. The van der Waals surface area contributed by atoms with Crippen LogP contribution in [0.2, 0.25) is 0 Å². The van der Waals surface area contributed by atoms with E-state index in [-0.39, 0.29) is 5.97 Å². The van der Waals surface area contributed by atoms with Crippen LogP contribution in [0.3, 0.4) is 0 Å². The summed E-state index contributed by atoms with van der Waals surface area (Å²) in [6, 6.07) is 5.11. The van der Waals surface area contributed by atoms with Crippen LogP contribution in [0.4, 0.5) is 5.69 Å². The molecule has 0 fully saturated rings. The van der Waals surface area contributed by atoms with Gasteiger partial charge in [0.25, 0.3) is 6.57 Å². The lowest BCUT2D eigenvalue weighted by molar-refractivity contribution is 0.0600. The number of carbonyl (C=O) groups is 1. The molecule has 0 saturated heterocycles. The Balaban J connectivity index is 3.20. The molecule has 0 saturated carbocycles. The summed E-state index contributed by atoms with van der Waals surface area (Å²) in [5, 5.41) is 0. The average Bonchev–Trinajstić information content (AvgIpc) is 2.17. The van der Waals surface area contributed by atoms with Crippen LogP contribution in [0.5, 0.6) is 0 Å². The molecular weight excluding hydrogens is 166 g/mol. The molecule has 0 amide bonds. The van der Waals surface area contributed by atoms with Crippen LogP contribution in [-0.4, -0.2) is 13.1 Å². The van der Waals surface area contributed by atoms with Crippen molar-refractivity contribution in [1.82, 2.24) is 0 Å². The normalized spacial score (nSPS) is 9.00. The van der Waals surface area contributed by atoms with Crippen molar-refractivity contribution in [1.29, 1.82) is 0 Å². The van der Waals surface area contributed by atoms with Crippen LogP contribution in [0.15, 0.2) is 18.2 Å². The van der Waals surface area contributed by atoms with Crippen molar-refractivity contribution in [2.75, 3.05) is 7.11 Å². The standard InChI is InChI=1S/C10H10NO2/c1-7-4-5-8(11-2)6-9(7)10(12)13-3/h2,4-6H,1,3H3/q+1. The second kappa shape index (κ2) is 3.72. The smallest absolute Gasteiger partial charge is 0.340 e. The van der Waals surface area contributed by atoms with E-state index in [0.717, 1.165) is 5.56 Å². The zero-order chi connectivity index (χ0) is 9.84. The van der Waals surface area contributed by atoms with Gasteiger partial charge in [-0.15, -0.1) is 0 Å². The lowest BCUT2D eigenvalue weighted by Crippen LogP contribution is -2.02. The Labute approximate surface area is 76.8 Å². The summed E-state index contributed by atoms with van der Waals surface area (Å²) < 4.78 is 4.60. The molecule has 0 spiro atoms. The first-order chi connectivity index (χ1) is 6.19. The van der Waals surface area contributed by atoms with Crippen molar-refractivity contribution in [3.8, 4) is 6.57 Å². The Morgan fingerprint density at radius 3 is 2.77 bits per heavy atom. The quantitative estimate of drug-likeness (QED) is 0.615. The predicted octanol–water partition coefficient (Wildman–Crippen LogP) is 2.38. The molecule has 0 N–H and O–H groups in total. The van der Waals surface area contributed by atoms with Crippen molar-refractivity contribution in [3.05, 3.63) is 34.2 Å². The fourth-order valence-corrected chi connectivity index (χ4v) is 1.02. The molecule has 1 rings (SSSR count). The van der Waals surface area contributed by atoms with Gasteiger partial charge in [-0.25, -0.2) is 4.79 Å². The molecule has 3 heteroatoms. The number of esters is 1. The molecule has 0 unspecified atom stereocenters. The minimum Gasteiger partial charge on any atom is -0.465 e. The maximum Gasteiger partial charge on any atom is 0.340 e. The van der Waals surface area contributed by atoms with Crippen molar-refractivity contribution < 1.29 is 9.53 Å². The number of methoxy groups -OCH3 is 1. The zero-order valence-corrected chi connectivity index (χ0v) is 7.57. The summed E-state index contributed by atoms with van der Waals surface area (Å²) in [6.07, 6.45) is 0.